The Labute approximate surface area is 159 Å². The van der Waals surface area contributed by atoms with Crippen LogP contribution < -0.4 is 10.1 Å². The number of ether oxygens (including phenoxy) is 1. The summed E-state index contributed by atoms with van der Waals surface area (Å²) in [6.45, 7) is 2.34. The predicted octanol–water partition coefficient (Wildman–Crippen LogP) is 0.967. The lowest BCUT2D eigenvalue weighted by Gasteiger charge is -2.24. The third-order valence-electron chi connectivity index (χ3n) is 5.25. The quantitative estimate of drug-likeness (QED) is 0.834. The Morgan fingerprint density at radius 2 is 1.89 bits per heavy atom. The summed E-state index contributed by atoms with van der Waals surface area (Å²) in [6, 6.07) is 7.34. The molecule has 1 N–H and O–H groups in total. The van der Waals surface area contributed by atoms with Gasteiger partial charge < -0.3 is 19.9 Å². The summed E-state index contributed by atoms with van der Waals surface area (Å²) < 4.78 is 5.34. The average Bonchev–Trinajstić information content (AvgIpc) is 2.97. The zero-order valence-electron chi connectivity index (χ0n) is 15.8. The third kappa shape index (κ3) is 4.78. The maximum Gasteiger partial charge on any atom is 0.245 e. The molecule has 0 aliphatic carbocycles. The largest absolute Gasteiger partial charge is 0.496 e. The van der Waals surface area contributed by atoms with E-state index in [1.54, 1.807) is 12.0 Å². The molecule has 0 bridgehead atoms. The van der Waals surface area contributed by atoms with Crippen LogP contribution in [-0.2, 0) is 20.8 Å². The molecular formula is C20H27N3O4. The van der Waals surface area contributed by atoms with Crippen molar-refractivity contribution in [1.29, 1.82) is 0 Å². The van der Waals surface area contributed by atoms with Crippen LogP contribution >= 0.6 is 0 Å². The minimum Gasteiger partial charge on any atom is -0.496 e. The van der Waals surface area contributed by atoms with Crippen molar-refractivity contribution in [2.75, 3.05) is 33.3 Å². The molecule has 1 unspecified atom stereocenters. The molecule has 146 valence electrons. The van der Waals surface area contributed by atoms with Crippen LogP contribution in [0.15, 0.2) is 24.3 Å². The second-order valence-electron chi connectivity index (χ2n) is 7.03. The van der Waals surface area contributed by atoms with E-state index in [9.17, 15) is 14.4 Å². The summed E-state index contributed by atoms with van der Waals surface area (Å²) in [5, 5.41) is 2.73. The first-order chi connectivity index (χ1) is 13.1. The topological polar surface area (TPSA) is 79.0 Å². The van der Waals surface area contributed by atoms with Crippen molar-refractivity contribution in [2.24, 2.45) is 0 Å². The molecule has 7 nitrogen and oxygen atoms in total. The van der Waals surface area contributed by atoms with Gasteiger partial charge in [-0.25, -0.2) is 0 Å². The van der Waals surface area contributed by atoms with Gasteiger partial charge in [0.15, 0.2) is 0 Å². The molecule has 0 saturated carbocycles. The first-order valence-electron chi connectivity index (χ1n) is 9.56. The highest BCUT2D eigenvalue weighted by Crippen LogP contribution is 2.19. The Kier molecular flexibility index (Phi) is 6.32. The lowest BCUT2D eigenvalue weighted by Crippen LogP contribution is -2.46. The number of methoxy groups -OCH3 is 1. The second kappa shape index (κ2) is 8.88. The van der Waals surface area contributed by atoms with Crippen molar-refractivity contribution >= 4 is 17.7 Å². The van der Waals surface area contributed by atoms with Crippen LogP contribution in [0.3, 0.4) is 0 Å². The number of rotatable bonds is 5. The van der Waals surface area contributed by atoms with Crippen LogP contribution in [0.2, 0.25) is 0 Å². The fourth-order valence-corrected chi connectivity index (χ4v) is 3.72. The smallest absolute Gasteiger partial charge is 0.245 e. The molecule has 27 heavy (non-hydrogen) atoms. The molecule has 2 saturated heterocycles. The monoisotopic (exact) mass is 373 g/mol. The number of aryl methyl sites for hydroxylation is 1. The van der Waals surface area contributed by atoms with Crippen molar-refractivity contribution in [2.45, 2.75) is 38.1 Å². The van der Waals surface area contributed by atoms with Crippen molar-refractivity contribution < 1.29 is 19.1 Å². The maximum atomic E-state index is 12.6. The molecule has 0 radical (unpaired) electrons. The van der Waals surface area contributed by atoms with E-state index in [1.165, 1.54) is 0 Å². The van der Waals surface area contributed by atoms with E-state index >= 15 is 0 Å². The van der Waals surface area contributed by atoms with Gasteiger partial charge >= 0.3 is 0 Å². The van der Waals surface area contributed by atoms with Gasteiger partial charge in [0.2, 0.25) is 17.7 Å². The van der Waals surface area contributed by atoms with E-state index in [0.29, 0.717) is 51.9 Å². The molecule has 3 amide bonds. The van der Waals surface area contributed by atoms with Crippen LogP contribution in [0.5, 0.6) is 5.75 Å². The predicted molar refractivity (Wildman–Crippen MR) is 100 cm³/mol. The summed E-state index contributed by atoms with van der Waals surface area (Å²) in [4.78, 5) is 40.1. The van der Waals surface area contributed by atoms with Gasteiger partial charge in [0.05, 0.1) is 7.11 Å². The highest BCUT2D eigenvalue weighted by Gasteiger charge is 2.31. The Bertz CT molecular complexity index is 706. The number of amides is 3. The molecule has 2 fully saturated rings. The van der Waals surface area contributed by atoms with E-state index in [0.717, 1.165) is 17.7 Å². The molecule has 0 aromatic heterocycles. The number of nitrogens with zero attached hydrogens (tertiary/aromatic N) is 2. The molecule has 2 heterocycles. The van der Waals surface area contributed by atoms with E-state index < -0.39 is 6.04 Å². The van der Waals surface area contributed by atoms with Gasteiger partial charge in [0, 0.05) is 39.0 Å². The van der Waals surface area contributed by atoms with Gasteiger partial charge in [-0.05, 0) is 30.9 Å². The number of carbonyl (C=O) groups excluding carboxylic acids is 3. The van der Waals surface area contributed by atoms with E-state index in [4.69, 9.17) is 4.74 Å². The molecule has 7 heteroatoms. The summed E-state index contributed by atoms with van der Waals surface area (Å²) in [5.74, 6) is 0.821. The summed E-state index contributed by atoms with van der Waals surface area (Å²) >= 11 is 0. The normalized spacial score (nSPS) is 20.2. The molecule has 2 aliphatic rings. The number of carbonyl (C=O) groups is 3. The lowest BCUT2D eigenvalue weighted by atomic mass is 10.1. The van der Waals surface area contributed by atoms with Crippen LogP contribution in [0.1, 0.15) is 31.2 Å². The van der Waals surface area contributed by atoms with E-state index in [2.05, 4.69) is 5.32 Å². The molecule has 0 spiro atoms. The third-order valence-corrected chi connectivity index (χ3v) is 5.25. The Morgan fingerprint density at radius 1 is 1.15 bits per heavy atom. The minimum atomic E-state index is -0.398. The zero-order chi connectivity index (χ0) is 19.2. The molecule has 1 aromatic rings. The first kappa shape index (κ1) is 19.2. The zero-order valence-corrected chi connectivity index (χ0v) is 15.8. The van der Waals surface area contributed by atoms with Crippen molar-refractivity contribution in [3.8, 4) is 5.75 Å². The summed E-state index contributed by atoms with van der Waals surface area (Å²) in [6.07, 6.45) is 2.80. The van der Waals surface area contributed by atoms with Gasteiger partial charge in [-0.15, -0.1) is 0 Å². The highest BCUT2D eigenvalue weighted by molar-refractivity contribution is 5.90. The van der Waals surface area contributed by atoms with Crippen LogP contribution in [0, 0.1) is 0 Å². The molecular weight excluding hydrogens is 346 g/mol. The number of hydrogen-bond acceptors (Lipinski definition) is 4. The number of nitrogens with one attached hydrogen (secondary N) is 1. The Morgan fingerprint density at radius 3 is 2.63 bits per heavy atom. The lowest BCUT2D eigenvalue weighted by molar-refractivity contribution is -0.135. The second-order valence-corrected chi connectivity index (χ2v) is 7.03. The summed E-state index contributed by atoms with van der Waals surface area (Å²) in [5.41, 5.74) is 1.02. The van der Waals surface area contributed by atoms with Crippen molar-refractivity contribution in [3.63, 3.8) is 0 Å². The molecule has 1 aromatic carbocycles. The van der Waals surface area contributed by atoms with Crippen LogP contribution in [-0.4, -0.2) is 66.9 Å². The van der Waals surface area contributed by atoms with E-state index in [-0.39, 0.29) is 17.7 Å². The van der Waals surface area contributed by atoms with Gasteiger partial charge in [-0.3, -0.25) is 14.4 Å². The SMILES string of the molecule is COc1ccccc1CCC(=O)N1CCCN(C(=O)C2CCC(=O)N2)CC1. The fourth-order valence-electron chi connectivity index (χ4n) is 3.72. The van der Waals surface area contributed by atoms with Gasteiger partial charge in [-0.2, -0.15) is 0 Å². The standard InChI is InChI=1S/C20H27N3O4/c1-27-17-6-3-2-5-15(17)7-10-19(25)22-11-4-12-23(14-13-22)20(26)16-8-9-18(24)21-16/h2-3,5-6,16H,4,7-14H2,1H3,(H,21,24). The summed E-state index contributed by atoms with van der Waals surface area (Å²) in [7, 11) is 1.63. The number of para-hydroxylation sites is 1. The number of hydrogen-bond donors (Lipinski definition) is 1. The number of benzene rings is 1. The molecule has 3 rings (SSSR count). The van der Waals surface area contributed by atoms with Crippen LogP contribution in [0.4, 0.5) is 0 Å². The van der Waals surface area contributed by atoms with E-state index in [1.807, 2.05) is 29.2 Å². The maximum absolute atomic E-state index is 12.6. The first-order valence-corrected chi connectivity index (χ1v) is 9.56. The van der Waals surface area contributed by atoms with Crippen molar-refractivity contribution in [3.05, 3.63) is 29.8 Å². The van der Waals surface area contributed by atoms with Gasteiger partial charge in [0.1, 0.15) is 11.8 Å². The van der Waals surface area contributed by atoms with Gasteiger partial charge in [0.25, 0.3) is 0 Å². The molecule has 2 aliphatic heterocycles. The fraction of sp³-hybridized carbons (Fsp3) is 0.550. The Balaban J connectivity index is 1.50. The van der Waals surface area contributed by atoms with Gasteiger partial charge in [-0.1, -0.05) is 18.2 Å². The highest BCUT2D eigenvalue weighted by atomic mass is 16.5. The minimum absolute atomic E-state index is 0.0239. The van der Waals surface area contributed by atoms with Crippen LogP contribution in [0.25, 0.3) is 0 Å². The Hall–Kier alpha value is -2.57. The van der Waals surface area contributed by atoms with Crippen molar-refractivity contribution in [1.82, 2.24) is 15.1 Å². The molecule has 1 atom stereocenters. The average molecular weight is 373 g/mol.